The normalized spacial score (nSPS) is 19.8. The lowest BCUT2D eigenvalue weighted by atomic mass is 10.2. The first kappa shape index (κ1) is 12.8. The van der Waals surface area contributed by atoms with Crippen LogP contribution in [0.3, 0.4) is 0 Å². The highest BCUT2D eigenvalue weighted by atomic mass is 16.5. The van der Waals surface area contributed by atoms with Gasteiger partial charge in [-0.15, -0.1) is 0 Å². The van der Waals surface area contributed by atoms with Crippen molar-refractivity contribution in [3.8, 4) is 0 Å². The highest BCUT2D eigenvalue weighted by Crippen LogP contribution is 2.21. The summed E-state index contributed by atoms with van der Waals surface area (Å²) in [4.78, 5) is 18.0. The minimum absolute atomic E-state index is 0.0961. The summed E-state index contributed by atoms with van der Waals surface area (Å²) in [5.41, 5.74) is 1.16. The second-order valence-electron chi connectivity index (χ2n) is 4.45. The molecule has 5 heteroatoms. The lowest BCUT2D eigenvalue weighted by molar-refractivity contribution is -0.146. The fraction of sp³-hybridized carbons (Fsp3) is 0.538. The van der Waals surface area contributed by atoms with Crippen LogP contribution in [0.25, 0.3) is 0 Å². The van der Waals surface area contributed by atoms with Crippen LogP contribution in [0.5, 0.6) is 0 Å². The third kappa shape index (κ3) is 2.79. The van der Waals surface area contributed by atoms with Crippen molar-refractivity contribution < 1.29 is 9.53 Å². The molecule has 0 aliphatic carbocycles. The second-order valence-corrected chi connectivity index (χ2v) is 4.45. The molecule has 0 amide bonds. The maximum absolute atomic E-state index is 11.6. The van der Waals surface area contributed by atoms with E-state index in [1.165, 1.54) is 7.11 Å². The molecule has 1 aliphatic rings. The summed E-state index contributed by atoms with van der Waals surface area (Å²) in [6.07, 6.45) is 3.71. The lowest BCUT2D eigenvalue weighted by Crippen LogP contribution is -2.36. The van der Waals surface area contributed by atoms with Crippen LogP contribution in [0.4, 0.5) is 5.82 Å². The first-order valence-electron chi connectivity index (χ1n) is 6.19. The lowest BCUT2D eigenvalue weighted by Gasteiger charge is -2.22. The molecule has 2 rings (SSSR count). The molecular weight excluding hydrogens is 230 g/mol. The summed E-state index contributed by atoms with van der Waals surface area (Å²) >= 11 is 0. The summed E-state index contributed by atoms with van der Waals surface area (Å²) in [7, 11) is 3.30. The fourth-order valence-corrected chi connectivity index (χ4v) is 2.36. The van der Waals surface area contributed by atoms with Gasteiger partial charge in [0.15, 0.2) is 0 Å². The third-order valence-corrected chi connectivity index (χ3v) is 3.30. The zero-order chi connectivity index (χ0) is 13.0. The Labute approximate surface area is 107 Å². The van der Waals surface area contributed by atoms with E-state index in [0.717, 1.165) is 37.3 Å². The standard InChI is InChI=1S/C13H19N3O2/c1-14-12-8-10(5-6-15-12)9-16-7-3-4-11(16)13(17)18-2/h5-6,8,11H,3-4,7,9H2,1-2H3,(H,14,15). The molecular formula is C13H19N3O2. The summed E-state index contributed by atoms with van der Waals surface area (Å²) in [6, 6.07) is 3.89. The van der Waals surface area contributed by atoms with Crippen molar-refractivity contribution in [2.24, 2.45) is 0 Å². The van der Waals surface area contributed by atoms with E-state index in [0.29, 0.717) is 0 Å². The minimum Gasteiger partial charge on any atom is -0.468 e. The first-order chi connectivity index (χ1) is 8.74. The minimum atomic E-state index is -0.129. The molecule has 98 valence electrons. The number of aromatic nitrogens is 1. The molecule has 18 heavy (non-hydrogen) atoms. The van der Waals surface area contributed by atoms with Crippen molar-refractivity contribution in [2.75, 3.05) is 26.0 Å². The van der Waals surface area contributed by atoms with Gasteiger partial charge in [-0.25, -0.2) is 4.98 Å². The number of ether oxygens (including phenoxy) is 1. The van der Waals surface area contributed by atoms with E-state index in [2.05, 4.69) is 15.2 Å². The largest absolute Gasteiger partial charge is 0.468 e. The van der Waals surface area contributed by atoms with Gasteiger partial charge in [0.2, 0.25) is 0 Å². The predicted molar refractivity (Wildman–Crippen MR) is 69.2 cm³/mol. The maximum atomic E-state index is 11.6. The summed E-state index contributed by atoms with van der Waals surface area (Å²) in [5.74, 6) is 0.719. The Morgan fingerprint density at radius 1 is 1.67 bits per heavy atom. The average Bonchev–Trinajstić information content (AvgIpc) is 2.86. The zero-order valence-corrected chi connectivity index (χ0v) is 10.8. The van der Waals surface area contributed by atoms with E-state index in [4.69, 9.17) is 4.74 Å². The molecule has 0 aromatic carbocycles. The Kier molecular flexibility index (Phi) is 4.15. The molecule has 0 bridgehead atoms. The van der Waals surface area contributed by atoms with Crippen molar-refractivity contribution >= 4 is 11.8 Å². The van der Waals surface area contributed by atoms with E-state index in [1.807, 2.05) is 19.2 Å². The van der Waals surface area contributed by atoms with Crippen LogP contribution in [0.1, 0.15) is 18.4 Å². The Morgan fingerprint density at radius 3 is 3.22 bits per heavy atom. The molecule has 1 saturated heterocycles. The van der Waals surface area contributed by atoms with Crippen LogP contribution in [0.2, 0.25) is 0 Å². The number of carbonyl (C=O) groups is 1. The van der Waals surface area contributed by atoms with Gasteiger partial charge in [0.25, 0.3) is 0 Å². The molecule has 1 aromatic heterocycles. The first-order valence-corrected chi connectivity index (χ1v) is 6.19. The number of hydrogen-bond acceptors (Lipinski definition) is 5. The monoisotopic (exact) mass is 249 g/mol. The van der Waals surface area contributed by atoms with E-state index in [1.54, 1.807) is 6.20 Å². The number of methoxy groups -OCH3 is 1. The van der Waals surface area contributed by atoms with Gasteiger partial charge in [-0.1, -0.05) is 0 Å². The topological polar surface area (TPSA) is 54.5 Å². The molecule has 0 spiro atoms. The Hall–Kier alpha value is -1.62. The number of anilines is 1. The van der Waals surface area contributed by atoms with Crippen LogP contribution >= 0.6 is 0 Å². The molecule has 1 atom stereocenters. The fourth-order valence-electron chi connectivity index (χ4n) is 2.36. The maximum Gasteiger partial charge on any atom is 0.323 e. The number of nitrogens with one attached hydrogen (secondary N) is 1. The Bertz CT molecular complexity index is 422. The quantitative estimate of drug-likeness (QED) is 0.814. The third-order valence-electron chi connectivity index (χ3n) is 3.30. The number of rotatable bonds is 4. The highest BCUT2D eigenvalue weighted by molar-refractivity contribution is 5.75. The van der Waals surface area contributed by atoms with Gasteiger partial charge >= 0.3 is 5.97 Å². The Morgan fingerprint density at radius 2 is 2.50 bits per heavy atom. The summed E-state index contributed by atoms with van der Waals surface area (Å²) in [5, 5.41) is 3.02. The molecule has 2 heterocycles. The molecule has 1 N–H and O–H groups in total. The van der Waals surface area contributed by atoms with Gasteiger partial charge in [-0.05, 0) is 37.1 Å². The number of likely N-dealkylation sites (tertiary alicyclic amines) is 1. The van der Waals surface area contributed by atoms with Gasteiger partial charge < -0.3 is 10.1 Å². The van der Waals surface area contributed by atoms with E-state index < -0.39 is 0 Å². The number of esters is 1. The van der Waals surface area contributed by atoms with Crippen LogP contribution in [0, 0.1) is 0 Å². The average molecular weight is 249 g/mol. The van der Waals surface area contributed by atoms with Gasteiger partial charge in [-0.3, -0.25) is 9.69 Å². The molecule has 0 saturated carbocycles. The van der Waals surface area contributed by atoms with Crippen LogP contribution in [-0.4, -0.2) is 42.6 Å². The van der Waals surface area contributed by atoms with Crippen LogP contribution in [-0.2, 0) is 16.1 Å². The smallest absolute Gasteiger partial charge is 0.323 e. The molecule has 1 aromatic rings. The number of hydrogen-bond donors (Lipinski definition) is 1. The molecule has 1 aliphatic heterocycles. The molecule has 5 nitrogen and oxygen atoms in total. The number of carbonyl (C=O) groups excluding carboxylic acids is 1. The number of nitrogens with zero attached hydrogens (tertiary/aromatic N) is 2. The van der Waals surface area contributed by atoms with Gasteiger partial charge in [0.05, 0.1) is 7.11 Å². The molecule has 0 radical (unpaired) electrons. The molecule has 1 unspecified atom stereocenters. The van der Waals surface area contributed by atoms with Crippen LogP contribution in [0.15, 0.2) is 18.3 Å². The van der Waals surface area contributed by atoms with E-state index in [-0.39, 0.29) is 12.0 Å². The molecule has 1 fully saturated rings. The van der Waals surface area contributed by atoms with Crippen molar-refractivity contribution in [1.82, 2.24) is 9.88 Å². The van der Waals surface area contributed by atoms with E-state index in [9.17, 15) is 4.79 Å². The van der Waals surface area contributed by atoms with Gasteiger partial charge in [0.1, 0.15) is 11.9 Å². The van der Waals surface area contributed by atoms with Crippen molar-refractivity contribution in [1.29, 1.82) is 0 Å². The predicted octanol–water partition coefficient (Wildman–Crippen LogP) is 1.26. The zero-order valence-electron chi connectivity index (χ0n) is 10.8. The number of pyridine rings is 1. The van der Waals surface area contributed by atoms with Crippen molar-refractivity contribution in [3.05, 3.63) is 23.9 Å². The Balaban J connectivity index is 2.05. The van der Waals surface area contributed by atoms with Crippen molar-refractivity contribution in [3.63, 3.8) is 0 Å². The van der Waals surface area contributed by atoms with E-state index >= 15 is 0 Å². The van der Waals surface area contributed by atoms with Crippen molar-refractivity contribution in [2.45, 2.75) is 25.4 Å². The summed E-state index contributed by atoms with van der Waals surface area (Å²) < 4.78 is 4.84. The highest BCUT2D eigenvalue weighted by Gasteiger charge is 2.31. The summed E-state index contributed by atoms with van der Waals surface area (Å²) in [6.45, 7) is 1.70. The SMILES string of the molecule is CNc1cc(CN2CCCC2C(=O)OC)ccn1. The van der Waals surface area contributed by atoms with Gasteiger partial charge in [0, 0.05) is 19.8 Å². The second kappa shape index (κ2) is 5.82. The van der Waals surface area contributed by atoms with Gasteiger partial charge in [-0.2, -0.15) is 0 Å². The van der Waals surface area contributed by atoms with Crippen LogP contribution < -0.4 is 5.32 Å².